The first-order valence-electron chi connectivity index (χ1n) is 6.80. The number of nitrogens with zero attached hydrogens (tertiary/aromatic N) is 2. The third-order valence-corrected chi connectivity index (χ3v) is 3.34. The predicted octanol–water partition coefficient (Wildman–Crippen LogP) is 3.54. The Morgan fingerprint density at radius 1 is 1.28 bits per heavy atom. The van der Waals surface area contributed by atoms with Crippen molar-refractivity contribution in [2.75, 3.05) is 19.5 Å². The molecule has 0 aliphatic carbocycles. The van der Waals surface area contributed by atoms with Crippen molar-refractivity contribution in [1.82, 2.24) is 4.98 Å². The smallest absolute Gasteiger partial charge is 0.416 e. The summed E-state index contributed by atoms with van der Waals surface area (Å²) in [4.78, 5) is 25.2. The topological polar surface area (TPSA) is 94.4 Å². The molecule has 0 spiro atoms. The predicted molar refractivity (Wildman–Crippen MR) is 82.8 cm³/mol. The first kappa shape index (κ1) is 18.2. The Morgan fingerprint density at radius 2 is 1.96 bits per heavy atom. The number of nitrogens with one attached hydrogen (secondary N) is 1. The zero-order chi connectivity index (χ0) is 18.8. The maximum Gasteiger partial charge on any atom is 0.416 e. The molecule has 0 saturated carbocycles. The Morgan fingerprint density at radius 3 is 2.44 bits per heavy atom. The molecule has 0 aliphatic heterocycles. The minimum absolute atomic E-state index is 0.0236. The average molecular weight is 355 g/mol. The second-order valence-electron chi connectivity index (χ2n) is 4.88. The number of aromatic nitrogens is 1. The van der Waals surface area contributed by atoms with Crippen LogP contribution in [0.3, 0.4) is 0 Å². The molecule has 0 saturated heterocycles. The van der Waals surface area contributed by atoms with E-state index in [9.17, 15) is 28.1 Å². The molecule has 1 heterocycles. The number of rotatable bonds is 5. The number of halogens is 3. The fraction of sp³-hybridized carbons (Fsp3) is 0.200. The summed E-state index contributed by atoms with van der Waals surface area (Å²) in [5, 5.41) is 13.7. The maximum absolute atomic E-state index is 13.0. The van der Waals surface area contributed by atoms with Crippen LogP contribution in [0.1, 0.15) is 15.9 Å². The van der Waals surface area contributed by atoms with Gasteiger partial charge in [-0.1, -0.05) is 0 Å². The minimum atomic E-state index is -4.60. The van der Waals surface area contributed by atoms with Crippen LogP contribution in [0.15, 0.2) is 24.3 Å². The molecule has 132 valence electrons. The summed E-state index contributed by atoms with van der Waals surface area (Å²) < 4.78 is 43.9. The quantitative estimate of drug-likeness (QED) is 0.501. The van der Waals surface area contributed by atoms with Crippen LogP contribution in [0.5, 0.6) is 5.88 Å². The van der Waals surface area contributed by atoms with Crippen molar-refractivity contribution in [3.63, 3.8) is 0 Å². The number of anilines is 1. The van der Waals surface area contributed by atoms with Crippen molar-refractivity contribution in [3.8, 4) is 17.1 Å². The lowest BCUT2D eigenvalue weighted by Gasteiger charge is -2.13. The molecule has 2 rings (SSSR count). The molecule has 25 heavy (non-hydrogen) atoms. The Labute approximate surface area is 139 Å². The molecule has 1 aromatic heterocycles. The van der Waals surface area contributed by atoms with Gasteiger partial charge in [0.05, 0.1) is 23.3 Å². The van der Waals surface area contributed by atoms with Crippen molar-refractivity contribution in [3.05, 3.63) is 45.5 Å². The molecule has 0 aliphatic rings. The van der Waals surface area contributed by atoms with Crippen LogP contribution in [-0.2, 0) is 6.18 Å². The number of ether oxygens (including phenoxy) is 1. The van der Waals surface area contributed by atoms with Gasteiger partial charge in [0.25, 0.3) is 5.88 Å². The van der Waals surface area contributed by atoms with E-state index in [0.717, 1.165) is 25.3 Å². The number of benzene rings is 1. The Hall–Kier alpha value is -3.17. The van der Waals surface area contributed by atoms with Gasteiger partial charge in [0.1, 0.15) is 5.56 Å². The molecule has 1 aromatic carbocycles. The first-order chi connectivity index (χ1) is 11.7. The monoisotopic (exact) mass is 355 g/mol. The fourth-order valence-electron chi connectivity index (χ4n) is 2.18. The first-order valence-corrected chi connectivity index (χ1v) is 6.80. The summed E-state index contributed by atoms with van der Waals surface area (Å²) in [5.41, 5.74) is -1.81. The maximum atomic E-state index is 13.0. The van der Waals surface area contributed by atoms with E-state index in [1.165, 1.54) is 13.1 Å². The number of carbonyl (C=O) groups excluding carboxylic acids is 1. The fourth-order valence-corrected chi connectivity index (χ4v) is 2.18. The highest BCUT2D eigenvalue weighted by molar-refractivity contribution is 5.86. The summed E-state index contributed by atoms with van der Waals surface area (Å²) in [5.74, 6) is -0.465. The largest absolute Gasteiger partial charge is 0.476 e. The molecule has 0 amide bonds. The molecule has 10 heteroatoms. The summed E-state index contributed by atoms with van der Waals surface area (Å²) in [6, 6.07) is 4.16. The van der Waals surface area contributed by atoms with Crippen molar-refractivity contribution < 1.29 is 27.6 Å². The minimum Gasteiger partial charge on any atom is -0.476 e. The molecule has 2 aromatic rings. The molecular weight excluding hydrogens is 343 g/mol. The van der Waals surface area contributed by atoms with E-state index in [4.69, 9.17) is 4.74 Å². The van der Waals surface area contributed by atoms with Gasteiger partial charge < -0.3 is 10.1 Å². The van der Waals surface area contributed by atoms with E-state index in [1.807, 2.05) is 0 Å². The number of carbonyl (C=O) groups is 1. The van der Waals surface area contributed by atoms with Crippen LogP contribution in [0, 0.1) is 10.1 Å². The number of hydrogen-bond acceptors (Lipinski definition) is 6. The highest BCUT2D eigenvalue weighted by atomic mass is 19.4. The molecule has 0 atom stereocenters. The number of alkyl halides is 3. The summed E-state index contributed by atoms with van der Waals surface area (Å²) >= 11 is 0. The second-order valence-corrected chi connectivity index (χ2v) is 4.88. The van der Waals surface area contributed by atoms with Crippen LogP contribution in [0.2, 0.25) is 0 Å². The van der Waals surface area contributed by atoms with Crippen LogP contribution >= 0.6 is 0 Å². The van der Waals surface area contributed by atoms with E-state index >= 15 is 0 Å². The van der Waals surface area contributed by atoms with E-state index in [1.54, 1.807) is 0 Å². The van der Waals surface area contributed by atoms with Crippen molar-refractivity contribution in [2.24, 2.45) is 0 Å². The second kappa shape index (κ2) is 6.75. The van der Waals surface area contributed by atoms with Gasteiger partial charge in [-0.15, -0.1) is 0 Å². The van der Waals surface area contributed by atoms with E-state index in [-0.39, 0.29) is 28.8 Å². The lowest BCUT2D eigenvalue weighted by Crippen LogP contribution is -2.07. The van der Waals surface area contributed by atoms with Gasteiger partial charge in [0.15, 0.2) is 6.29 Å². The summed E-state index contributed by atoms with van der Waals surface area (Å²) in [6.45, 7) is 0. The van der Waals surface area contributed by atoms with Gasteiger partial charge in [-0.05, 0) is 24.3 Å². The zero-order valence-electron chi connectivity index (χ0n) is 13.0. The average Bonchev–Trinajstić information content (AvgIpc) is 2.58. The number of aldehydes is 1. The SMILES string of the molecule is CNc1cc(-c2cc(C=O)c([N+](=O)[O-])c(OC)n2)cc(C(F)(F)F)c1. The number of methoxy groups -OCH3 is 1. The Bertz CT molecular complexity index is 838. The highest BCUT2D eigenvalue weighted by Crippen LogP contribution is 2.37. The molecule has 0 unspecified atom stereocenters. The number of nitro groups is 1. The van der Waals surface area contributed by atoms with Gasteiger partial charge in [0.2, 0.25) is 0 Å². The van der Waals surface area contributed by atoms with Gasteiger partial charge in [-0.25, -0.2) is 4.98 Å². The van der Waals surface area contributed by atoms with E-state index in [0.29, 0.717) is 0 Å². The lowest BCUT2D eigenvalue weighted by atomic mass is 10.0. The van der Waals surface area contributed by atoms with Crippen molar-refractivity contribution >= 4 is 17.7 Å². The standard InChI is InChI=1S/C15H12F3N3O4/c1-19-11-4-8(3-10(6-11)15(16,17)18)12-5-9(7-22)13(21(23)24)14(20-12)25-2/h3-7,19H,1-2H3. The normalized spacial score (nSPS) is 11.1. The summed E-state index contributed by atoms with van der Waals surface area (Å²) in [6.07, 6.45) is -4.38. The van der Waals surface area contributed by atoms with Crippen LogP contribution in [0.4, 0.5) is 24.5 Å². The van der Waals surface area contributed by atoms with E-state index in [2.05, 4.69) is 10.3 Å². The Balaban J connectivity index is 2.74. The van der Waals surface area contributed by atoms with Crippen molar-refractivity contribution in [1.29, 1.82) is 0 Å². The van der Waals surface area contributed by atoms with Crippen molar-refractivity contribution in [2.45, 2.75) is 6.18 Å². The van der Waals surface area contributed by atoms with Crippen LogP contribution < -0.4 is 10.1 Å². The van der Waals surface area contributed by atoms with Crippen LogP contribution in [-0.4, -0.2) is 30.4 Å². The van der Waals surface area contributed by atoms with Gasteiger partial charge in [-0.3, -0.25) is 14.9 Å². The molecule has 0 radical (unpaired) electrons. The van der Waals surface area contributed by atoms with Crippen LogP contribution in [0.25, 0.3) is 11.3 Å². The third kappa shape index (κ3) is 3.67. The molecule has 1 N–H and O–H groups in total. The van der Waals surface area contributed by atoms with Gasteiger partial charge >= 0.3 is 11.9 Å². The Kier molecular flexibility index (Phi) is 4.91. The molecule has 0 bridgehead atoms. The van der Waals surface area contributed by atoms with Gasteiger partial charge in [-0.2, -0.15) is 13.2 Å². The molecule has 0 fully saturated rings. The zero-order valence-corrected chi connectivity index (χ0v) is 13.0. The molecule has 7 nitrogen and oxygen atoms in total. The lowest BCUT2D eigenvalue weighted by molar-refractivity contribution is -0.386. The van der Waals surface area contributed by atoms with E-state index < -0.39 is 28.2 Å². The number of hydrogen-bond donors (Lipinski definition) is 1. The number of pyridine rings is 1. The van der Waals surface area contributed by atoms with Gasteiger partial charge in [0, 0.05) is 18.3 Å². The highest BCUT2D eigenvalue weighted by Gasteiger charge is 2.32. The summed E-state index contributed by atoms with van der Waals surface area (Å²) in [7, 11) is 2.55. The third-order valence-electron chi connectivity index (χ3n) is 3.34. The molecular formula is C15H12F3N3O4.